The highest BCUT2D eigenvalue weighted by molar-refractivity contribution is 5.51. The van der Waals surface area contributed by atoms with Gasteiger partial charge < -0.3 is 15.8 Å². The topological polar surface area (TPSA) is 64.6 Å². The molecule has 0 bridgehead atoms. The fourth-order valence-corrected chi connectivity index (χ4v) is 3.36. The summed E-state index contributed by atoms with van der Waals surface area (Å²) in [6.45, 7) is 0.862. The highest BCUT2D eigenvalue weighted by Crippen LogP contribution is 2.38. The van der Waals surface area contributed by atoms with Crippen LogP contribution in [0.15, 0.2) is 30.6 Å². The average molecular weight is 258 g/mol. The second-order valence-electron chi connectivity index (χ2n) is 5.46. The Balaban J connectivity index is 1.60. The highest BCUT2D eigenvalue weighted by Gasteiger charge is 2.50. The first-order valence-corrected chi connectivity index (χ1v) is 6.90. The Kier molecular flexibility index (Phi) is 2.50. The van der Waals surface area contributed by atoms with Crippen LogP contribution in [0.1, 0.15) is 12.8 Å². The first-order valence-electron chi connectivity index (χ1n) is 6.90. The van der Waals surface area contributed by atoms with Crippen LogP contribution >= 0.6 is 0 Å². The molecule has 1 saturated carbocycles. The number of ether oxygens (including phenoxy) is 1. The smallest absolute Gasteiger partial charge is 0.138 e. The Labute approximate surface area is 111 Å². The molecular weight excluding hydrogens is 240 g/mol. The fourth-order valence-electron chi connectivity index (χ4n) is 3.36. The number of aromatic nitrogens is 2. The molecule has 5 nitrogen and oxygen atoms in total. The van der Waals surface area contributed by atoms with Crippen molar-refractivity contribution in [3.8, 4) is 0 Å². The van der Waals surface area contributed by atoms with Crippen LogP contribution in [-0.4, -0.2) is 34.2 Å². The van der Waals surface area contributed by atoms with Crippen molar-refractivity contribution in [1.82, 2.24) is 9.38 Å². The fraction of sp³-hybridized carbons (Fsp3) is 0.500. The van der Waals surface area contributed by atoms with E-state index in [0.717, 1.165) is 24.5 Å². The van der Waals surface area contributed by atoms with Crippen LogP contribution in [0.5, 0.6) is 0 Å². The highest BCUT2D eigenvalue weighted by atomic mass is 16.5. The molecule has 5 heteroatoms. The molecule has 1 aliphatic heterocycles. The molecule has 100 valence electrons. The molecule has 0 aromatic carbocycles. The van der Waals surface area contributed by atoms with Gasteiger partial charge in [-0.1, -0.05) is 6.07 Å². The summed E-state index contributed by atoms with van der Waals surface area (Å²) < 4.78 is 7.90. The third-order valence-electron chi connectivity index (χ3n) is 4.42. The van der Waals surface area contributed by atoms with E-state index in [1.54, 1.807) is 6.20 Å². The number of imidazole rings is 1. The van der Waals surface area contributed by atoms with Gasteiger partial charge in [-0.05, 0) is 25.0 Å². The summed E-state index contributed by atoms with van der Waals surface area (Å²) in [5.74, 6) is 1.55. The molecule has 3 heterocycles. The quantitative estimate of drug-likeness (QED) is 0.851. The number of hydrogen-bond acceptors (Lipinski definition) is 4. The summed E-state index contributed by atoms with van der Waals surface area (Å²) in [6, 6.07) is 6.44. The van der Waals surface area contributed by atoms with E-state index in [1.165, 1.54) is 6.42 Å². The van der Waals surface area contributed by atoms with Crippen molar-refractivity contribution in [1.29, 1.82) is 0 Å². The molecule has 1 aliphatic carbocycles. The summed E-state index contributed by atoms with van der Waals surface area (Å²) in [4.78, 5) is 4.29. The largest absolute Gasteiger partial charge is 0.376 e. The first-order chi connectivity index (χ1) is 9.34. The van der Waals surface area contributed by atoms with Crippen molar-refractivity contribution < 1.29 is 4.74 Å². The Morgan fingerprint density at radius 1 is 1.42 bits per heavy atom. The van der Waals surface area contributed by atoms with Crippen LogP contribution in [0.2, 0.25) is 0 Å². The van der Waals surface area contributed by atoms with E-state index in [0.29, 0.717) is 5.92 Å². The molecule has 2 aliphatic rings. The van der Waals surface area contributed by atoms with Crippen LogP contribution in [0.4, 0.5) is 5.82 Å². The van der Waals surface area contributed by atoms with Gasteiger partial charge in [-0.2, -0.15) is 0 Å². The standard InChI is InChI=1S/C14H18N4O/c15-12-9-3-2-8-19-14(9)13(12)17-11-5-1-4-10-16-6-7-18(10)11/h1,4-7,9,12-14,17H,2-3,8,15H2. The number of fused-ring (bicyclic) bond motifs is 2. The van der Waals surface area contributed by atoms with Crippen LogP contribution in [0.3, 0.4) is 0 Å². The molecule has 2 aromatic heterocycles. The minimum absolute atomic E-state index is 0.184. The Morgan fingerprint density at radius 2 is 2.37 bits per heavy atom. The minimum atomic E-state index is 0.184. The maximum absolute atomic E-state index is 6.28. The van der Waals surface area contributed by atoms with E-state index >= 15 is 0 Å². The number of hydrogen-bond donors (Lipinski definition) is 2. The normalized spacial score (nSPS) is 33.7. The van der Waals surface area contributed by atoms with Gasteiger partial charge in [-0.3, -0.25) is 4.40 Å². The predicted octanol–water partition coefficient (Wildman–Crippen LogP) is 1.25. The lowest BCUT2D eigenvalue weighted by Gasteiger charge is -2.52. The molecule has 19 heavy (non-hydrogen) atoms. The van der Waals surface area contributed by atoms with Gasteiger partial charge >= 0.3 is 0 Å². The lowest BCUT2D eigenvalue weighted by atomic mass is 9.68. The summed E-state index contributed by atoms with van der Waals surface area (Å²) in [5.41, 5.74) is 7.22. The zero-order chi connectivity index (χ0) is 12.8. The number of pyridine rings is 1. The average Bonchev–Trinajstić information content (AvgIpc) is 2.93. The maximum Gasteiger partial charge on any atom is 0.138 e. The first kappa shape index (κ1) is 11.3. The number of nitrogens with two attached hydrogens (primary N) is 1. The number of nitrogens with one attached hydrogen (secondary N) is 1. The van der Waals surface area contributed by atoms with Gasteiger partial charge in [0.25, 0.3) is 0 Å². The molecule has 2 fully saturated rings. The molecule has 4 rings (SSSR count). The van der Waals surface area contributed by atoms with Crippen LogP contribution in [-0.2, 0) is 4.74 Å². The predicted molar refractivity (Wildman–Crippen MR) is 73.0 cm³/mol. The van der Waals surface area contributed by atoms with Gasteiger partial charge in [0.05, 0.1) is 12.1 Å². The second-order valence-corrected chi connectivity index (χ2v) is 5.46. The van der Waals surface area contributed by atoms with Gasteiger partial charge in [0.15, 0.2) is 0 Å². The maximum atomic E-state index is 6.28. The van der Waals surface area contributed by atoms with E-state index in [9.17, 15) is 0 Å². The van der Waals surface area contributed by atoms with E-state index in [4.69, 9.17) is 10.5 Å². The van der Waals surface area contributed by atoms with Gasteiger partial charge in [0, 0.05) is 31.0 Å². The van der Waals surface area contributed by atoms with E-state index in [2.05, 4.69) is 16.4 Å². The number of nitrogens with zero attached hydrogens (tertiary/aromatic N) is 2. The molecule has 3 N–H and O–H groups in total. The van der Waals surface area contributed by atoms with E-state index in [-0.39, 0.29) is 18.2 Å². The monoisotopic (exact) mass is 258 g/mol. The number of anilines is 1. The molecule has 4 unspecified atom stereocenters. The molecule has 0 amide bonds. The van der Waals surface area contributed by atoms with Crippen molar-refractivity contribution >= 4 is 11.5 Å². The van der Waals surface area contributed by atoms with Crippen LogP contribution < -0.4 is 11.1 Å². The summed E-state index contributed by atoms with van der Waals surface area (Å²) in [5, 5.41) is 3.53. The lowest BCUT2D eigenvalue weighted by molar-refractivity contribution is -0.104. The third kappa shape index (κ3) is 1.65. The zero-order valence-electron chi connectivity index (χ0n) is 10.7. The Bertz CT molecular complexity index is 596. The van der Waals surface area contributed by atoms with Gasteiger partial charge in [0.2, 0.25) is 0 Å². The Hall–Kier alpha value is -1.59. The lowest BCUT2D eigenvalue weighted by Crippen LogP contribution is -2.69. The summed E-state index contributed by atoms with van der Waals surface area (Å²) in [7, 11) is 0. The van der Waals surface area contributed by atoms with Crippen LogP contribution in [0, 0.1) is 5.92 Å². The SMILES string of the molecule is NC1C2CCCOC2C1Nc1cccc2nccn12. The van der Waals surface area contributed by atoms with Crippen molar-refractivity contribution in [2.24, 2.45) is 11.7 Å². The number of rotatable bonds is 2. The van der Waals surface area contributed by atoms with Crippen molar-refractivity contribution in [2.75, 3.05) is 11.9 Å². The van der Waals surface area contributed by atoms with Crippen molar-refractivity contribution in [3.63, 3.8) is 0 Å². The Morgan fingerprint density at radius 3 is 3.32 bits per heavy atom. The van der Waals surface area contributed by atoms with Crippen LogP contribution in [0.25, 0.3) is 5.65 Å². The van der Waals surface area contributed by atoms with E-state index in [1.807, 2.05) is 22.7 Å². The molecule has 0 spiro atoms. The molecular formula is C14H18N4O. The van der Waals surface area contributed by atoms with Gasteiger partial charge in [-0.25, -0.2) is 4.98 Å². The van der Waals surface area contributed by atoms with E-state index < -0.39 is 0 Å². The minimum Gasteiger partial charge on any atom is -0.376 e. The molecule has 2 aromatic rings. The van der Waals surface area contributed by atoms with Crippen molar-refractivity contribution in [3.05, 3.63) is 30.6 Å². The van der Waals surface area contributed by atoms with Gasteiger partial charge in [-0.15, -0.1) is 0 Å². The van der Waals surface area contributed by atoms with Gasteiger partial charge in [0.1, 0.15) is 11.5 Å². The second kappa shape index (κ2) is 4.21. The van der Waals surface area contributed by atoms with Crippen molar-refractivity contribution in [2.45, 2.75) is 31.0 Å². The molecule has 0 radical (unpaired) electrons. The summed E-state index contributed by atoms with van der Waals surface area (Å²) >= 11 is 0. The molecule has 4 atom stereocenters. The zero-order valence-corrected chi connectivity index (χ0v) is 10.7. The summed E-state index contributed by atoms with van der Waals surface area (Å²) in [6.07, 6.45) is 6.36. The molecule has 1 saturated heterocycles. The third-order valence-corrected chi connectivity index (χ3v) is 4.42.